The van der Waals surface area contributed by atoms with E-state index in [1.54, 1.807) is 51.1 Å². The van der Waals surface area contributed by atoms with Gasteiger partial charge < -0.3 is 19.5 Å². The average Bonchev–Trinajstić information content (AvgIpc) is 3.32. The Balaban J connectivity index is 1.65. The van der Waals surface area contributed by atoms with E-state index in [-0.39, 0.29) is 44.2 Å². The standard InChI is InChI=1S/C26H28N6O6/c1-4-36-22(33)14-13-21(25(34)37-5-2)32-20-12-11-16(15-19(20)30-31-32)27-24-23(26(35)38-6-3)28-17-9-7-8-10-18(17)29-24/h7-12,15,21H,4-6,13-14H2,1-3H3,(H,27,29). The van der Waals surface area contributed by atoms with Crippen molar-refractivity contribution < 1.29 is 28.6 Å². The molecule has 198 valence electrons. The maximum absolute atomic E-state index is 12.7. The van der Waals surface area contributed by atoms with E-state index in [9.17, 15) is 14.4 Å². The summed E-state index contributed by atoms with van der Waals surface area (Å²) in [4.78, 5) is 46.2. The number of esters is 3. The fourth-order valence-corrected chi connectivity index (χ4v) is 3.88. The van der Waals surface area contributed by atoms with Gasteiger partial charge in [-0.25, -0.2) is 24.2 Å². The molecule has 1 unspecified atom stereocenters. The van der Waals surface area contributed by atoms with Crippen molar-refractivity contribution in [2.75, 3.05) is 25.1 Å². The molecular weight excluding hydrogens is 492 g/mol. The minimum atomic E-state index is -0.857. The molecule has 2 heterocycles. The lowest BCUT2D eigenvalue weighted by atomic mass is 10.1. The number of hydrogen-bond donors (Lipinski definition) is 1. The summed E-state index contributed by atoms with van der Waals surface area (Å²) in [6.07, 6.45) is 0.168. The smallest absolute Gasteiger partial charge is 0.360 e. The van der Waals surface area contributed by atoms with Crippen LogP contribution >= 0.6 is 0 Å². The Kier molecular flexibility index (Phi) is 8.41. The molecule has 0 bridgehead atoms. The van der Waals surface area contributed by atoms with Gasteiger partial charge in [0.1, 0.15) is 5.52 Å². The number of benzene rings is 2. The van der Waals surface area contributed by atoms with Crippen molar-refractivity contribution in [3.05, 3.63) is 48.2 Å². The third kappa shape index (κ3) is 5.85. The second-order valence-electron chi connectivity index (χ2n) is 8.10. The van der Waals surface area contributed by atoms with Crippen LogP contribution in [0.3, 0.4) is 0 Å². The maximum atomic E-state index is 12.7. The first kappa shape index (κ1) is 26.5. The molecule has 0 fully saturated rings. The highest BCUT2D eigenvalue weighted by atomic mass is 16.5. The summed E-state index contributed by atoms with van der Waals surface area (Å²) in [5.41, 5.74) is 2.83. The van der Waals surface area contributed by atoms with Crippen LogP contribution in [0.5, 0.6) is 0 Å². The number of aromatic nitrogens is 5. The lowest BCUT2D eigenvalue weighted by molar-refractivity contribution is -0.148. The topological polar surface area (TPSA) is 147 Å². The fraction of sp³-hybridized carbons (Fsp3) is 0.346. The highest BCUT2D eigenvalue weighted by molar-refractivity contribution is 5.96. The predicted octanol–water partition coefficient (Wildman–Crippen LogP) is 3.74. The van der Waals surface area contributed by atoms with Crippen LogP contribution in [0.15, 0.2) is 42.5 Å². The number of nitrogens with one attached hydrogen (secondary N) is 1. The number of hydrogen-bond acceptors (Lipinski definition) is 11. The predicted molar refractivity (Wildman–Crippen MR) is 138 cm³/mol. The molecule has 0 aliphatic rings. The summed E-state index contributed by atoms with van der Waals surface area (Å²) < 4.78 is 16.8. The molecule has 0 spiro atoms. The molecule has 2 aromatic carbocycles. The van der Waals surface area contributed by atoms with Crippen molar-refractivity contribution in [2.45, 2.75) is 39.7 Å². The monoisotopic (exact) mass is 520 g/mol. The second-order valence-corrected chi connectivity index (χ2v) is 8.10. The number of nitrogens with zero attached hydrogens (tertiary/aromatic N) is 5. The van der Waals surface area contributed by atoms with E-state index >= 15 is 0 Å². The van der Waals surface area contributed by atoms with Gasteiger partial charge in [-0.15, -0.1) is 5.10 Å². The molecule has 1 N–H and O–H groups in total. The summed E-state index contributed by atoms with van der Waals surface area (Å²) in [5.74, 6) is -1.30. The van der Waals surface area contributed by atoms with Crippen LogP contribution in [0.4, 0.5) is 11.5 Å². The molecule has 12 nitrogen and oxygen atoms in total. The van der Waals surface area contributed by atoms with Crippen LogP contribution < -0.4 is 5.32 Å². The summed E-state index contributed by atoms with van der Waals surface area (Å²) in [5, 5.41) is 11.5. The van der Waals surface area contributed by atoms with Crippen molar-refractivity contribution >= 4 is 51.5 Å². The van der Waals surface area contributed by atoms with Crippen molar-refractivity contribution in [1.82, 2.24) is 25.0 Å². The van der Waals surface area contributed by atoms with Crippen molar-refractivity contribution in [3.8, 4) is 0 Å². The van der Waals surface area contributed by atoms with Gasteiger partial charge in [0.05, 0.1) is 36.4 Å². The quantitative estimate of drug-likeness (QED) is 0.228. The van der Waals surface area contributed by atoms with Gasteiger partial charge in [0, 0.05) is 12.1 Å². The van der Waals surface area contributed by atoms with Gasteiger partial charge in [-0.1, -0.05) is 17.3 Å². The van der Waals surface area contributed by atoms with E-state index in [0.29, 0.717) is 27.8 Å². The van der Waals surface area contributed by atoms with Crippen LogP contribution in [0.25, 0.3) is 22.1 Å². The van der Waals surface area contributed by atoms with E-state index in [1.807, 2.05) is 12.1 Å². The van der Waals surface area contributed by atoms with Crippen molar-refractivity contribution in [1.29, 1.82) is 0 Å². The third-order valence-electron chi connectivity index (χ3n) is 5.55. The van der Waals surface area contributed by atoms with Crippen molar-refractivity contribution in [2.24, 2.45) is 0 Å². The Morgan fingerprint density at radius 2 is 1.61 bits per heavy atom. The summed E-state index contributed by atoms with van der Waals surface area (Å²) in [6.45, 7) is 5.77. The van der Waals surface area contributed by atoms with E-state index < -0.39 is 23.9 Å². The minimum absolute atomic E-state index is 0.0234. The van der Waals surface area contributed by atoms with E-state index in [2.05, 4.69) is 25.6 Å². The number of fused-ring (bicyclic) bond motifs is 2. The lowest BCUT2D eigenvalue weighted by Gasteiger charge is -2.16. The van der Waals surface area contributed by atoms with E-state index in [0.717, 1.165) is 0 Å². The zero-order chi connectivity index (χ0) is 27.1. The van der Waals surface area contributed by atoms with Crippen LogP contribution in [-0.4, -0.2) is 62.7 Å². The van der Waals surface area contributed by atoms with E-state index in [4.69, 9.17) is 14.2 Å². The highest BCUT2D eigenvalue weighted by Gasteiger charge is 2.26. The zero-order valence-electron chi connectivity index (χ0n) is 21.3. The first-order valence-electron chi connectivity index (χ1n) is 12.3. The molecule has 4 aromatic rings. The van der Waals surface area contributed by atoms with Gasteiger partial charge in [0.15, 0.2) is 17.6 Å². The first-order valence-corrected chi connectivity index (χ1v) is 12.3. The zero-order valence-corrected chi connectivity index (χ0v) is 21.3. The third-order valence-corrected chi connectivity index (χ3v) is 5.55. The number of ether oxygens (including phenoxy) is 3. The first-order chi connectivity index (χ1) is 18.4. The number of anilines is 2. The van der Waals surface area contributed by atoms with Crippen LogP contribution in [0.2, 0.25) is 0 Å². The van der Waals surface area contributed by atoms with Crippen molar-refractivity contribution in [3.63, 3.8) is 0 Å². The van der Waals surface area contributed by atoms with Crippen LogP contribution in [0, 0.1) is 0 Å². The Bertz CT molecular complexity index is 1470. The summed E-state index contributed by atoms with van der Waals surface area (Å²) in [7, 11) is 0. The van der Waals surface area contributed by atoms with Gasteiger partial charge >= 0.3 is 17.9 Å². The van der Waals surface area contributed by atoms with Gasteiger partial charge in [-0.3, -0.25) is 4.79 Å². The van der Waals surface area contributed by atoms with Gasteiger partial charge in [0.25, 0.3) is 0 Å². The molecule has 1 atom stereocenters. The van der Waals surface area contributed by atoms with Crippen LogP contribution in [-0.2, 0) is 23.8 Å². The van der Waals surface area contributed by atoms with Gasteiger partial charge in [0.2, 0.25) is 0 Å². The number of rotatable bonds is 11. The molecule has 0 radical (unpaired) electrons. The minimum Gasteiger partial charge on any atom is -0.466 e. The summed E-state index contributed by atoms with van der Waals surface area (Å²) in [6, 6.07) is 11.5. The SMILES string of the molecule is CCOC(=O)CCC(C(=O)OCC)n1nnc2cc(Nc3nc4ccccc4nc3C(=O)OCC)ccc21. The molecular formula is C26H28N6O6. The molecule has 4 rings (SSSR count). The molecule has 0 aliphatic heterocycles. The molecule has 0 aliphatic carbocycles. The highest BCUT2D eigenvalue weighted by Crippen LogP contribution is 2.27. The van der Waals surface area contributed by atoms with E-state index in [1.165, 1.54) is 4.68 Å². The number of para-hydroxylation sites is 2. The Morgan fingerprint density at radius 3 is 2.32 bits per heavy atom. The number of carbonyl (C=O) groups excluding carboxylic acids is 3. The molecule has 38 heavy (non-hydrogen) atoms. The Hall–Kier alpha value is -4.61. The normalized spacial score (nSPS) is 11.8. The van der Waals surface area contributed by atoms with Gasteiger partial charge in [-0.05, 0) is 57.5 Å². The average molecular weight is 521 g/mol. The lowest BCUT2D eigenvalue weighted by Crippen LogP contribution is -2.24. The Morgan fingerprint density at radius 1 is 0.895 bits per heavy atom. The van der Waals surface area contributed by atoms with Crippen LogP contribution in [0.1, 0.15) is 50.1 Å². The Labute approximate surface area is 218 Å². The molecule has 0 saturated carbocycles. The molecule has 0 saturated heterocycles. The maximum Gasteiger partial charge on any atom is 0.360 e. The fourth-order valence-electron chi connectivity index (χ4n) is 3.88. The van der Waals surface area contributed by atoms with Gasteiger partial charge in [-0.2, -0.15) is 0 Å². The number of carbonyl (C=O) groups is 3. The summed E-state index contributed by atoms with van der Waals surface area (Å²) >= 11 is 0. The molecule has 2 aromatic heterocycles. The molecule has 12 heteroatoms. The molecule has 0 amide bonds. The largest absolute Gasteiger partial charge is 0.466 e. The second kappa shape index (κ2) is 12.1.